The number of pyridine rings is 1. The molecule has 2 aromatic rings. The van der Waals surface area contributed by atoms with Crippen LogP contribution >= 0.6 is 0 Å². The molecular formula is C34H51N3O13. The third-order valence-electron chi connectivity index (χ3n) is 5.98. The Kier molecular flexibility index (Phi) is 22.0. The van der Waals surface area contributed by atoms with Crippen molar-refractivity contribution in [2.24, 2.45) is 0 Å². The highest BCUT2D eigenvalue weighted by Gasteiger charge is 2.15. The van der Waals surface area contributed by atoms with E-state index in [9.17, 15) is 14.4 Å². The van der Waals surface area contributed by atoms with E-state index in [1.54, 1.807) is 45.0 Å². The Hall–Kier alpha value is -3.90. The lowest BCUT2D eigenvalue weighted by Crippen LogP contribution is -2.34. The van der Waals surface area contributed by atoms with Gasteiger partial charge in [-0.05, 0) is 45.0 Å². The smallest absolute Gasteiger partial charge is 0.407 e. The lowest BCUT2D eigenvalue weighted by molar-refractivity contribution is -0.0203. The van der Waals surface area contributed by atoms with E-state index in [1.165, 1.54) is 18.3 Å². The van der Waals surface area contributed by atoms with Gasteiger partial charge in [-0.1, -0.05) is 6.07 Å². The van der Waals surface area contributed by atoms with Gasteiger partial charge in [-0.2, -0.15) is 0 Å². The number of rotatable bonds is 28. The number of carboxylic acid groups (broad SMARTS) is 1. The van der Waals surface area contributed by atoms with Gasteiger partial charge in [-0.3, -0.25) is 4.79 Å². The molecule has 0 atom stereocenters. The zero-order chi connectivity index (χ0) is 36.3. The number of carbonyl (C=O) groups is 3. The van der Waals surface area contributed by atoms with Crippen molar-refractivity contribution in [3.8, 4) is 11.6 Å². The van der Waals surface area contributed by atoms with Gasteiger partial charge < -0.3 is 58.4 Å². The zero-order valence-electron chi connectivity index (χ0n) is 29.1. The molecule has 0 unspecified atom stereocenters. The molecule has 0 bridgehead atoms. The number of nitrogens with one attached hydrogen (secondary N) is 2. The SMILES string of the molecule is CC(C)(C)OC(=O)NCCOCCOCCOCCOCCOCCOCCOCCNC(=O)c1cccc(Oc2ccc(C(=O)O)cn2)c1. The van der Waals surface area contributed by atoms with E-state index in [1.807, 2.05) is 0 Å². The average molecular weight is 710 g/mol. The number of nitrogens with zero attached hydrogens (tertiary/aromatic N) is 1. The van der Waals surface area contributed by atoms with E-state index in [0.29, 0.717) is 117 Å². The predicted molar refractivity (Wildman–Crippen MR) is 180 cm³/mol. The second kappa shape index (κ2) is 26.0. The second-order valence-electron chi connectivity index (χ2n) is 11.3. The Balaban J connectivity index is 1.30. The summed E-state index contributed by atoms with van der Waals surface area (Å²) in [5.74, 6) is -0.757. The highest BCUT2D eigenvalue weighted by molar-refractivity contribution is 5.94. The fourth-order valence-corrected chi connectivity index (χ4v) is 3.69. The van der Waals surface area contributed by atoms with Gasteiger partial charge in [0.15, 0.2) is 0 Å². The van der Waals surface area contributed by atoms with Gasteiger partial charge in [0.05, 0.1) is 98.1 Å². The van der Waals surface area contributed by atoms with Crippen LogP contribution in [0, 0.1) is 0 Å². The molecule has 2 amide bonds. The zero-order valence-corrected chi connectivity index (χ0v) is 29.1. The summed E-state index contributed by atoms with van der Waals surface area (Å²) >= 11 is 0. The highest BCUT2D eigenvalue weighted by Crippen LogP contribution is 2.20. The molecule has 16 heteroatoms. The van der Waals surface area contributed by atoms with E-state index < -0.39 is 17.7 Å². The molecule has 0 aliphatic rings. The average Bonchev–Trinajstić information content (AvgIpc) is 3.07. The van der Waals surface area contributed by atoms with Crippen LogP contribution in [0.15, 0.2) is 42.6 Å². The largest absolute Gasteiger partial charge is 0.478 e. The van der Waals surface area contributed by atoms with Crippen LogP contribution in [0.5, 0.6) is 11.6 Å². The fourth-order valence-electron chi connectivity index (χ4n) is 3.69. The molecule has 280 valence electrons. The van der Waals surface area contributed by atoms with E-state index in [4.69, 9.17) is 47.7 Å². The van der Waals surface area contributed by atoms with Crippen LogP contribution in [-0.4, -0.2) is 139 Å². The maximum Gasteiger partial charge on any atom is 0.407 e. The lowest BCUT2D eigenvalue weighted by atomic mass is 10.2. The van der Waals surface area contributed by atoms with Crippen LogP contribution in [0.2, 0.25) is 0 Å². The molecule has 0 saturated carbocycles. The number of aromatic carboxylic acids is 1. The van der Waals surface area contributed by atoms with Gasteiger partial charge in [0.1, 0.15) is 11.4 Å². The standard InChI is InChI=1S/C34H51N3O13/c1-34(2,3)50-33(41)36-10-12-43-14-16-45-18-20-47-22-24-48-23-21-46-19-17-44-15-13-42-11-9-35-31(38)27-5-4-6-29(25-27)49-30-8-7-28(26-37-30)32(39)40/h4-8,25-26H,9-24H2,1-3H3,(H,35,38)(H,36,41)(H,39,40). The van der Waals surface area contributed by atoms with Gasteiger partial charge in [0.2, 0.25) is 5.88 Å². The minimum absolute atomic E-state index is 0.0499. The summed E-state index contributed by atoms with van der Waals surface area (Å²) in [7, 11) is 0. The first-order valence-corrected chi connectivity index (χ1v) is 16.4. The second-order valence-corrected chi connectivity index (χ2v) is 11.3. The molecule has 0 radical (unpaired) electrons. The van der Waals surface area contributed by atoms with Crippen molar-refractivity contribution in [3.63, 3.8) is 0 Å². The molecule has 0 aliphatic heterocycles. The van der Waals surface area contributed by atoms with Crippen molar-refractivity contribution in [3.05, 3.63) is 53.7 Å². The number of ether oxygens (including phenoxy) is 9. The maximum absolute atomic E-state index is 12.5. The molecule has 1 heterocycles. The topological polar surface area (TPSA) is 191 Å². The molecule has 0 saturated heterocycles. The van der Waals surface area contributed by atoms with E-state index in [2.05, 4.69) is 15.6 Å². The van der Waals surface area contributed by atoms with Gasteiger partial charge in [-0.25, -0.2) is 14.6 Å². The molecule has 0 fully saturated rings. The van der Waals surface area contributed by atoms with Crippen molar-refractivity contribution in [1.29, 1.82) is 0 Å². The molecule has 1 aromatic carbocycles. The Morgan fingerprint density at radius 1 is 0.640 bits per heavy atom. The van der Waals surface area contributed by atoms with Crippen LogP contribution in [-0.2, 0) is 37.9 Å². The van der Waals surface area contributed by atoms with Gasteiger partial charge in [0.25, 0.3) is 5.91 Å². The Bertz CT molecular complexity index is 1230. The molecule has 0 aliphatic carbocycles. The molecule has 3 N–H and O–H groups in total. The molecule has 2 rings (SSSR count). The van der Waals surface area contributed by atoms with Crippen LogP contribution in [0.4, 0.5) is 4.79 Å². The Morgan fingerprint density at radius 3 is 1.56 bits per heavy atom. The minimum atomic E-state index is -1.08. The minimum Gasteiger partial charge on any atom is -0.478 e. The summed E-state index contributed by atoms with van der Waals surface area (Å²) in [4.78, 5) is 38.9. The quantitative estimate of drug-likeness (QED) is 0.109. The number of hydrogen-bond acceptors (Lipinski definition) is 13. The summed E-state index contributed by atoms with van der Waals surface area (Å²) in [5, 5.41) is 14.4. The van der Waals surface area contributed by atoms with E-state index >= 15 is 0 Å². The fraction of sp³-hybridized carbons (Fsp3) is 0.588. The van der Waals surface area contributed by atoms with Crippen molar-refractivity contribution in [2.45, 2.75) is 26.4 Å². The number of benzene rings is 1. The lowest BCUT2D eigenvalue weighted by Gasteiger charge is -2.19. The third-order valence-corrected chi connectivity index (χ3v) is 5.98. The van der Waals surface area contributed by atoms with Crippen molar-refractivity contribution >= 4 is 18.0 Å². The number of hydrogen-bond donors (Lipinski definition) is 3. The first kappa shape index (κ1) is 42.3. The van der Waals surface area contributed by atoms with Gasteiger partial charge in [-0.15, -0.1) is 0 Å². The van der Waals surface area contributed by atoms with Crippen LogP contribution < -0.4 is 15.4 Å². The van der Waals surface area contributed by atoms with Crippen molar-refractivity contribution in [1.82, 2.24) is 15.6 Å². The van der Waals surface area contributed by atoms with Gasteiger partial charge >= 0.3 is 12.1 Å². The molecule has 0 spiro atoms. The molecule has 1 aromatic heterocycles. The van der Waals surface area contributed by atoms with Crippen molar-refractivity contribution < 1.29 is 62.1 Å². The van der Waals surface area contributed by atoms with E-state index in [0.717, 1.165) is 0 Å². The third kappa shape index (κ3) is 21.9. The predicted octanol–water partition coefficient (Wildman–Crippen LogP) is 2.94. The normalized spacial score (nSPS) is 11.3. The summed E-state index contributed by atoms with van der Waals surface area (Å²) in [5.41, 5.74) is -0.0746. The van der Waals surface area contributed by atoms with Gasteiger partial charge in [0, 0.05) is 30.9 Å². The first-order chi connectivity index (χ1) is 24.1. The highest BCUT2D eigenvalue weighted by atomic mass is 16.6. The Morgan fingerprint density at radius 2 is 1.12 bits per heavy atom. The maximum atomic E-state index is 12.5. The monoisotopic (exact) mass is 709 g/mol. The van der Waals surface area contributed by atoms with E-state index in [-0.39, 0.29) is 17.4 Å². The summed E-state index contributed by atoms with van der Waals surface area (Å²) in [6.45, 7) is 12.0. The summed E-state index contributed by atoms with van der Waals surface area (Å²) in [6, 6.07) is 9.40. The number of carboxylic acids is 1. The number of amides is 2. The Labute approximate surface area is 293 Å². The first-order valence-electron chi connectivity index (χ1n) is 16.4. The summed E-state index contributed by atoms with van der Waals surface area (Å²) < 4.78 is 48.9. The molecular weight excluding hydrogens is 658 g/mol. The van der Waals surface area contributed by atoms with Crippen LogP contribution in [0.3, 0.4) is 0 Å². The summed E-state index contributed by atoms with van der Waals surface area (Å²) in [6.07, 6.45) is 0.734. The number of aromatic nitrogens is 1. The number of alkyl carbamates (subject to hydrolysis) is 1. The molecule has 50 heavy (non-hydrogen) atoms. The number of carbonyl (C=O) groups excluding carboxylic acids is 2. The van der Waals surface area contributed by atoms with Crippen LogP contribution in [0.25, 0.3) is 0 Å². The molecule has 16 nitrogen and oxygen atoms in total. The van der Waals surface area contributed by atoms with Crippen molar-refractivity contribution in [2.75, 3.05) is 106 Å². The van der Waals surface area contributed by atoms with Crippen LogP contribution in [0.1, 0.15) is 41.5 Å².